The predicted molar refractivity (Wildman–Crippen MR) is 106 cm³/mol. The van der Waals surface area contributed by atoms with E-state index in [1.165, 1.54) is 0 Å². The molecule has 1 aromatic heterocycles. The van der Waals surface area contributed by atoms with Crippen LogP contribution >= 0.6 is 0 Å². The smallest absolute Gasteiger partial charge is 0.232 e. The molecule has 0 aliphatic heterocycles. The van der Waals surface area contributed by atoms with Gasteiger partial charge in [-0.2, -0.15) is 0 Å². The Hall–Kier alpha value is -1.12. The van der Waals surface area contributed by atoms with Crippen LogP contribution in [0.4, 0.5) is 0 Å². The predicted octanol–water partition coefficient (Wildman–Crippen LogP) is 3.40. The minimum atomic E-state index is -3.39. The van der Waals surface area contributed by atoms with E-state index in [0.717, 1.165) is 6.54 Å². The minimum Gasteiger partial charge on any atom is -0.476 e. The minimum absolute atomic E-state index is 0.0278. The fourth-order valence-electron chi connectivity index (χ4n) is 2.11. The van der Waals surface area contributed by atoms with E-state index < -0.39 is 18.3 Å². The number of allylic oxidation sites excluding steroid dienone is 1. The summed E-state index contributed by atoms with van der Waals surface area (Å²) in [6, 6.07) is 1.79. The second-order valence-electron chi connectivity index (χ2n) is 7.97. The zero-order valence-corrected chi connectivity index (χ0v) is 18.2. The number of hydrogen-bond donors (Lipinski definition) is 1. The Morgan fingerprint density at radius 3 is 2.56 bits per heavy atom. The molecule has 0 amide bonds. The van der Waals surface area contributed by atoms with Gasteiger partial charge in [0.25, 0.3) is 0 Å². The van der Waals surface area contributed by atoms with Crippen molar-refractivity contribution in [3.63, 3.8) is 0 Å². The second kappa shape index (κ2) is 8.51. The highest BCUT2D eigenvalue weighted by Gasteiger charge is 2.39. The Kier molecular flexibility index (Phi) is 7.46. The monoisotopic (exact) mass is 387 g/mol. The lowest BCUT2D eigenvalue weighted by Crippen LogP contribution is -2.55. The first kappa shape index (κ1) is 21.9. The number of nitrogens with one attached hydrogen (secondary N) is 1. The average Bonchev–Trinajstić information content (AvgIpc) is 2.90. The lowest BCUT2D eigenvalue weighted by molar-refractivity contribution is 0.250. The molecule has 1 rings (SSSR count). The molecule has 6 nitrogen and oxygen atoms in total. The van der Waals surface area contributed by atoms with Crippen LogP contribution in [0, 0.1) is 5.92 Å². The molecular weight excluding hydrogens is 354 g/mol. The van der Waals surface area contributed by atoms with Gasteiger partial charge in [0.1, 0.15) is 8.24 Å². The van der Waals surface area contributed by atoms with Crippen LogP contribution in [-0.2, 0) is 16.6 Å². The third-order valence-corrected chi connectivity index (χ3v) is 12.6. The normalized spacial score (nSPS) is 14.3. The number of rotatable bonds is 10. The van der Waals surface area contributed by atoms with Gasteiger partial charge in [-0.25, -0.2) is 12.8 Å². The summed E-state index contributed by atoms with van der Waals surface area (Å²) in [7, 11) is -5.53. The molecule has 25 heavy (non-hydrogen) atoms. The molecule has 8 heteroatoms. The molecule has 1 atom stereocenters. The lowest BCUT2D eigenvalue weighted by Gasteiger charge is -2.37. The number of sulfonamides is 1. The van der Waals surface area contributed by atoms with E-state index in [1.54, 1.807) is 16.8 Å². The van der Waals surface area contributed by atoms with Crippen LogP contribution in [0.3, 0.4) is 0 Å². The largest absolute Gasteiger partial charge is 0.476 e. The Labute approximate surface area is 153 Å². The molecule has 0 spiro atoms. The molecule has 1 heterocycles. The summed E-state index contributed by atoms with van der Waals surface area (Å²) in [5, 5.41) is 4.20. The summed E-state index contributed by atoms with van der Waals surface area (Å²) in [4.78, 5) is 0. The molecular formula is C17H33N3O3SSi. The fourth-order valence-corrected chi connectivity index (χ4v) is 7.63. The van der Waals surface area contributed by atoms with E-state index >= 15 is 0 Å². The molecule has 1 N–H and O–H groups in total. The zero-order chi connectivity index (χ0) is 19.3. The molecule has 0 fully saturated rings. The van der Waals surface area contributed by atoms with Gasteiger partial charge in [-0.3, -0.25) is 4.68 Å². The summed E-state index contributed by atoms with van der Waals surface area (Å²) >= 11 is 0. The van der Waals surface area contributed by atoms with Crippen molar-refractivity contribution in [3.05, 3.63) is 24.9 Å². The van der Waals surface area contributed by atoms with E-state index in [1.807, 2.05) is 26.2 Å². The molecule has 0 aliphatic carbocycles. The quantitative estimate of drug-likeness (QED) is 0.493. The summed E-state index contributed by atoms with van der Waals surface area (Å²) < 4.78 is 35.7. The van der Waals surface area contributed by atoms with Crippen LogP contribution in [0.2, 0.25) is 18.1 Å². The van der Waals surface area contributed by atoms with E-state index in [-0.39, 0.29) is 16.7 Å². The van der Waals surface area contributed by atoms with E-state index in [4.69, 9.17) is 4.74 Å². The third-order valence-electron chi connectivity index (χ3n) is 4.65. The van der Waals surface area contributed by atoms with E-state index in [2.05, 4.69) is 36.8 Å². The van der Waals surface area contributed by atoms with Crippen LogP contribution in [0.1, 0.15) is 34.1 Å². The van der Waals surface area contributed by atoms with Crippen LogP contribution in [-0.4, -0.2) is 38.8 Å². The van der Waals surface area contributed by atoms with Gasteiger partial charge >= 0.3 is 0 Å². The summed E-state index contributed by atoms with van der Waals surface area (Å²) in [5.74, 6) is 0.386. The van der Waals surface area contributed by atoms with Crippen molar-refractivity contribution in [3.8, 4) is 5.88 Å². The standard InChI is InChI=1S/C17H33N3O3SSi/c1-8-10-15(13-23-16-11-12-20(9-2)18-16)14-24(21,22)19-25(6,7)17(3,4)5/h8,11-12,15,19H,1,9-10,13-14H2,2-7H3/t15-/m1/s1. The lowest BCUT2D eigenvalue weighted by atomic mass is 10.1. The molecule has 0 aliphatic rings. The first-order valence-corrected chi connectivity index (χ1v) is 13.3. The number of ether oxygens (including phenoxy) is 1. The van der Waals surface area contributed by atoms with Crippen molar-refractivity contribution >= 4 is 18.3 Å². The number of aryl methyl sites for hydroxylation is 1. The molecule has 0 saturated heterocycles. The van der Waals surface area contributed by atoms with Crippen molar-refractivity contribution in [2.75, 3.05) is 12.4 Å². The molecule has 1 aromatic rings. The van der Waals surface area contributed by atoms with E-state index in [9.17, 15) is 8.42 Å². The van der Waals surface area contributed by atoms with Gasteiger partial charge < -0.3 is 4.74 Å². The van der Waals surface area contributed by atoms with Crippen molar-refractivity contribution in [2.24, 2.45) is 5.92 Å². The summed E-state index contributed by atoms with van der Waals surface area (Å²) in [6.07, 6.45) is 4.15. The summed E-state index contributed by atoms with van der Waals surface area (Å²) in [6.45, 7) is 17.1. The van der Waals surface area contributed by atoms with Crippen molar-refractivity contribution in [2.45, 2.75) is 58.8 Å². The highest BCUT2D eigenvalue weighted by molar-refractivity contribution is 7.90. The first-order chi connectivity index (χ1) is 11.4. The maximum absolute atomic E-state index is 12.7. The molecule has 0 saturated carbocycles. The van der Waals surface area contributed by atoms with E-state index in [0.29, 0.717) is 18.9 Å². The molecule has 144 valence electrons. The van der Waals surface area contributed by atoms with Gasteiger partial charge in [0.05, 0.1) is 12.4 Å². The Morgan fingerprint density at radius 2 is 2.08 bits per heavy atom. The van der Waals surface area contributed by atoms with Gasteiger partial charge in [0.2, 0.25) is 15.9 Å². The van der Waals surface area contributed by atoms with Gasteiger partial charge in [0.15, 0.2) is 0 Å². The van der Waals surface area contributed by atoms with Gasteiger partial charge in [0, 0.05) is 24.7 Å². The topological polar surface area (TPSA) is 73.2 Å². The highest BCUT2D eigenvalue weighted by atomic mass is 32.2. The molecule has 0 aromatic carbocycles. The maximum atomic E-state index is 12.7. The van der Waals surface area contributed by atoms with Crippen LogP contribution in [0.25, 0.3) is 0 Å². The average molecular weight is 388 g/mol. The third kappa shape index (κ3) is 6.95. The molecule has 0 bridgehead atoms. The number of nitrogens with zero attached hydrogens (tertiary/aromatic N) is 2. The Bertz CT molecular complexity index is 663. The van der Waals surface area contributed by atoms with Gasteiger partial charge in [-0.05, 0) is 18.4 Å². The zero-order valence-electron chi connectivity index (χ0n) is 16.4. The molecule has 0 radical (unpaired) electrons. The SMILES string of the molecule is C=CC[C@H](COc1ccn(CC)n1)CS(=O)(=O)N[Si](C)(C)C(C)(C)C. The van der Waals surface area contributed by atoms with Crippen molar-refractivity contribution < 1.29 is 13.2 Å². The molecule has 0 unspecified atom stereocenters. The van der Waals surface area contributed by atoms with Crippen LogP contribution in [0.5, 0.6) is 5.88 Å². The first-order valence-electron chi connectivity index (χ1n) is 8.69. The summed E-state index contributed by atoms with van der Waals surface area (Å²) in [5.41, 5.74) is 0. The van der Waals surface area contributed by atoms with Crippen LogP contribution in [0.15, 0.2) is 24.9 Å². The van der Waals surface area contributed by atoms with Crippen LogP contribution < -0.4 is 9.12 Å². The highest BCUT2D eigenvalue weighted by Crippen LogP contribution is 2.34. The van der Waals surface area contributed by atoms with Gasteiger partial charge in [-0.15, -0.1) is 11.7 Å². The fraction of sp³-hybridized carbons (Fsp3) is 0.706. The number of hydrogen-bond acceptors (Lipinski definition) is 4. The maximum Gasteiger partial charge on any atom is 0.232 e. The Balaban J connectivity index is 2.73. The Morgan fingerprint density at radius 1 is 1.44 bits per heavy atom. The second-order valence-corrected chi connectivity index (χ2v) is 15.1. The van der Waals surface area contributed by atoms with Crippen molar-refractivity contribution in [1.82, 2.24) is 14.2 Å². The number of aromatic nitrogens is 2. The van der Waals surface area contributed by atoms with Gasteiger partial charge in [-0.1, -0.05) is 39.9 Å². The van der Waals surface area contributed by atoms with Crippen molar-refractivity contribution in [1.29, 1.82) is 0 Å².